The SMILES string of the molecule is CCOC(=O)CCC(=O)N[C@@H](C(N)=O)[C@@H]1CCCC(=O)C1. The molecule has 1 aliphatic carbocycles. The van der Waals surface area contributed by atoms with Gasteiger partial charge in [0.25, 0.3) is 0 Å². The first kappa shape index (κ1) is 17.1. The van der Waals surface area contributed by atoms with Gasteiger partial charge in [-0.15, -0.1) is 0 Å². The van der Waals surface area contributed by atoms with E-state index in [0.717, 1.165) is 0 Å². The van der Waals surface area contributed by atoms with Crippen molar-refractivity contribution >= 4 is 23.6 Å². The van der Waals surface area contributed by atoms with E-state index in [0.29, 0.717) is 19.3 Å². The molecule has 0 spiro atoms. The molecule has 0 aromatic rings. The zero-order valence-corrected chi connectivity index (χ0v) is 12.2. The van der Waals surface area contributed by atoms with Crippen molar-refractivity contribution in [3.8, 4) is 0 Å². The Morgan fingerprint density at radius 2 is 2.10 bits per heavy atom. The fourth-order valence-electron chi connectivity index (χ4n) is 2.46. The van der Waals surface area contributed by atoms with Crippen LogP contribution in [0.1, 0.15) is 45.4 Å². The van der Waals surface area contributed by atoms with Gasteiger partial charge in [0, 0.05) is 19.3 Å². The highest BCUT2D eigenvalue weighted by Gasteiger charge is 2.32. The van der Waals surface area contributed by atoms with Crippen LogP contribution in [0.25, 0.3) is 0 Å². The molecule has 0 bridgehead atoms. The van der Waals surface area contributed by atoms with Crippen LogP contribution in [0.4, 0.5) is 0 Å². The minimum atomic E-state index is -0.857. The first-order chi connectivity index (χ1) is 9.93. The van der Waals surface area contributed by atoms with Gasteiger partial charge in [-0.25, -0.2) is 0 Å². The maximum Gasteiger partial charge on any atom is 0.306 e. The molecular weight excluding hydrogens is 276 g/mol. The fourth-order valence-corrected chi connectivity index (χ4v) is 2.46. The van der Waals surface area contributed by atoms with Crippen molar-refractivity contribution in [2.24, 2.45) is 11.7 Å². The molecule has 0 unspecified atom stereocenters. The van der Waals surface area contributed by atoms with E-state index in [1.165, 1.54) is 0 Å². The number of nitrogens with two attached hydrogens (primary N) is 1. The molecule has 0 heterocycles. The van der Waals surface area contributed by atoms with Gasteiger partial charge in [-0.3, -0.25) is 19.2 Å². The number of nitrogens with one attached hydrogen (secondary N) is 1. The lowest BCUT2D eigenvalue weighted by molar-refractivity contribution is -0.144. The van der Waals surface area contributed by atoms with E-state index in [1.807, 2.05) is 0 Å². The van der Waals surface area contributed by atoms with Crippen LogP contribution in [-0.2, 0) is 23.9 Å². The van der Waals surface area contributed by atoms with Gasteiger partial charge in [0.05, 0.1) is 13.0 Å². The van der Waals surface area contributed by atoms with Crippen molar-refractivity contribution in [2.75, 3.05) is 6.61 Å². The Labute approximate surface area is 123 Å². The Morgan fingerprint density at radius 1 is 1.38 bits per heavy atom. The Kier molecular flexibility index (Phi) is 6.84. The first-order valence-corrected chi connectivity index (χ1v) is 7.20. The molecule has 118 valence electrons. The third kappa shape index (κ3) is 5.93. The summed E-state index contributed by atoms with van der Waals surface area (Å²) in [5.74, 6) is -1.73. The van der Waals surface area contributed by atoms with Crippen molar-refractivity contribution in [3.05, 3.63) is 0 Å². The lowest BCUT2D eigenvalue weighted by atomic mass is 9.83. The molecule has 1 fully saturated rings. The number of ketones is 1. The van der Waals surface area contributed by atoms with Crippen molar-refractivity contribution in [3.63, 3.8) is 0 Å². The summed E-state index contributed by atoms with van der Waals surface area (Å²) in [5, 5.41) is 2.53. The molecule has 1 aliphatic rings. The molecule has 3 N–H and O–H groups in total. The summed E-state index contributed by atoms with van der Waals surface area (Å²) in [4.78, 5) is 45.9. The summed E-state index contributed by atoms with van der Waals surface area (Å²) in [6.45, 7) is 1.94. The average Bonchev–Trinajstić information content (AvgIpc) is 2.42. The smallest absolute Gasteiger partial charge is 0.306 e. The number of esters is 1. The summed E-state index contributed by atoms with van der Waals surface area (Å²) in [7, 11) is 0. The molecule has 0 aromatic heterocycles. The van der Waals surface area contributed by atoms with Gasteiger partial charge < -0.3 is 15.8 Å². The molecule has 0 saturated heterocycles. The van der Waals surface area contributed by atoms with Gasteiger partial charge in [0.2, 0.25) is 11.8 Å². The highest BCUT2D eigenvalue weighted by molar-refractivity contribution is 5.89. The van der Waals surface area contributed by atoms with E-state index in [4.69, 9.17) is 10.5 Å². The number of primary amides is 1. The Morgan fingerprint density at radius 3 is 2.67 bits per heavy atom. The normalized spacial score (nSPS) is 19.7. The van der Waals surface area contributed by atoms with Gasteiger partial charge in [-0.05, 0) is 25.7 Å². The van der Waals surface area contributed by atoms with Crippen molar-refractivity contribution in [2.45, 2.75) is 51.5 Å². The third-order valence-corrected chi connectivity index (χ3v) is 3.48. The molecule has 2 amide bonds. The van der Waals surface area contributed by atoms with Crippen LogP contribution < -0.4 is 11.1 Å². The number of rotatable bonds is 7. The van der Waals surface area contributed by atoms with E-state index in [2.05, 4.69) is 5.32 Å². The zero-order chi connectivity index (χ0) is 15.8. The van der Waals surface area contributed by atoms with Crippen molar-refractivity contribution in [1.29, 1.82) is 0 Å². The summed E-state index contributed by atoms with van der Waals surface area (Å²) in [6, 6.07) is -0.857. The number of hydrogen-bond donors (Lipinski definition) is 2. The standard InChI is InChI=1S/C14H22N2O5/c1-2-21-12(19)7-6-11(18)16-13(14(15)20)9-4-3-5-10(17)8-9/h9,13H,2-8H2,1H3,(H2,15,20)(H,16,18)/t9-,13-/m1/s1. The number of carbonyl (C=O) groups is 4. The summed E-state index contributed by atoms with van der Waals surface area (Å²) in [6.07, 6.45) is 2.03. The molecule has 0 aromatic carbocycles. The van der Waals surface area contributed by atoms with Crippen LogP contribution in [-0.4, -0.2) is 36.2 Å². The second kappa shape index (κ2) is 8.39. The highest BCUT2D eigenvalue weighted by atomic mass is 16.5. The predicted octanol–water partition coefficient (Wildman–Crippen LogP) is 0.0591. The van der Waals surface area contributed by atoms with Crippen LogP contribution in [0.15, 0.2) is 0 Å². The molecular formula is C14H22N2O5. The number of ether oxygens (including phenoxy) is 1. The third-order valence-electron chi connectivity index (χ3n) is 3.48. The van der Waals surface area contributed by atoms with Crippen molar-refractivity contribution < 1.29 is 23.9 Å². The van der Waals surface area contributed by atoms with Gasteiger partial charge in [0.15, 0.2) is 0 Å². The summed E-state index contributed by atoms with van der Waals surface area (Å²) >= 11 is 0. The van der Waals surface area contributed by atoms with Crippen molar-refractivity contribution in [1.82, 2.24) is 5.32 Å². The van der Waals surface area contributed by atoms with E-state index in [-0.39, 0.29) is 37.6 Å². The second-order valence-electron chi connectivity index (χ2n) is 5.15. The summed E-state index contributed by atoms with van der Waals surface area (Å²) < 4.78 is 4.72. The molecule has 0 aliphatic heterocycles. The quantitative estimate of drug-likeness (QED) is 0.645. The van der Waals surface area contributed by atoms with Gasteiger partial charge >= 0.3 is 5.97 Å². The van der Waals surface area contributed by atoms with E-state index < -0.39 is 23.8 Å². The monoisotopic (exact) mass is 298 g/mol. The van der Waals surface area contributed by atoms with E-state index >= 15 is 0 Å². The lowest BCUT2D eigenvalue weighted by Gasteiger charge is -2.28. The van der Waals surface area contributed by atoms with Gasteiger partial charge in [-0.1, -0.05) is 0 Å². The zero-order valence-electron chi connectivity index (χ0n) is 12.2. The van der Waals surface area contributed by atoms with Crippen LogP contribution in [0.2, 0.25) is 0 Å². The number of hydrogen-bond acceptors (Lipinski definition) is 5. The minimum Gasteiger partial charge on any atom is -0.466 e. The van der Waals surface area contributed by atoms with Gasteiger partial charge in [0.1, 0.15) is 11.8 Å². The molecule has 2 atom stereocenters. The van der Waals surface area contributed by atoms with Crippen LogP contribution in [0.5, 0.6) is 0 Å². The largest absolute Gasteiger partial charge is 0.466 e. The first-order valence-electron chi connectivity index (χ1n) is 7.20. The van der Waals surface area contributed by atoms with Gasteiger partial charge in [-0.2, -0.15) is 0 Å². The number of amides is 2. The molecule has 1 saturated carbocycles. The molecule has 7 heteroatoms. The molecule has 1 rings (SSSR count). The average molecular weight is 298 g/mol. The van der Waals surface area contributed by atoms with E-state index in [9.17, 15) is 19.2 Å². The fraction of sp³-hybridized carbons (Fsp3) is 0.714. The molecule has 7 nitrogen and oxygen atoms in total. The Bertz CT molecular complexity index is 422. The van der Waals surface area contributed by atoms with Crippen LogP contribution in [0, 0.1) is 5.92 Å². The summed E-state index contributed by atoms with van der Waals surface area (Å²) in [5.41, 5.74) is 5.31. The predicted molar refractivity (Wildman–Crippen MR) is 74.0 cm³/mol. The Hall–Kier alpha value is -1.92. The minimum absolute atomic E-state index is 0.0469. The topological polar surface area (TPSA) is 116 Å². The second-order valence-corrected chi connectivity index (χ2v) is 5.15. The maximum atomic E-state index is 11.8. The molecule has 21 heavy (non-hydrogen) atoms. The Balaban J connectivity index is 2.50. The van der Waals surface area contributed by atoms with E-state index in [1.54, 1.807) is 6.92 Å². The van der Waals surface area contributed by atoms with Crippen LogP contribution >= 0.6 is 0 Å². The van der Waals surface area contributed by atoms with Crippen LogP contribution in [0.3, 0.4) is 0 Å². The number of Topliss-reactive ketones (excluding diaryl/α,β-unsaturated/α-hetero) is 1. The highest BCUT2D eigenvalue weighted by Crippen LogP contribution is 2.24. The number of carbonyl (C=O) groups excluding carboxylic acids is 4. The maximum absolute atomic E-state index is 11.8. The lowest BCUT2D eigenvalue weighted by Crippen LogP contribution is -2.50. The molecule has 0 radical (unpaired) electrons.